The van der Waals surface area contributed by atoms with Crippen molar-refractivity contribution < 1.29 is 0 Å². The van der Waals surface area contributed by atoms with Crippen LogP contribution < -0.4 is 5.32 Å². The van der Waals surface area contributed by atoms with E-state index in [1.165, 1.54) is 95.6 Å². The fourth-order valence-electron chi connectivity index (χ4n) is 13.1. The minimum atomic E-state index is 0.407. The third kappa shape index (κ3) is 8.06. The molecule has 0 aromatic heterocycles. The molecule has 2 heteroatoms. The predicted octanol–water partition coefficient (Wildman–Crippen LogP) is 13.9. The van der Waals surface area contributed by atoms with Gasteiger partial charge >= 0.3 is 0 Å². The van der Waals surface area contributed by atoms with Gasteiger partial charge in [-0.3, -0.25) is 0 Å². The first-order valence-corrected chi connectivity index (χ1v) is 22.7. The summed E-state index contributed by atoms with van der Waals surface area (Å²) in [5.41, 5.74) is 6.31. The van der Waals surface area contributed by atoms with Gasteiger partial charge in [-0.15, -0.1) is 0 Å². The van der Waals surface area contributed by atoms with Gasteiger partial charge < -0.3 is 10.7 Å². The molecule has 0 amide bonds. The molecule has 0 saturated heterocycles. The molecule has 0 bridgehead atoms. The lowest BCUT2D eigenvalue weighted by Gasteiger charge is -2.50. The molecule has 1 aromatic rings. The van der Waals surface area contributed by atoms with Gasteiger partial charge in [-0.25, -0.2) is 0 Å². The average molecular weight is 723 g/mol. The van der Waals surface area contributed by atoms with Crippen molar-refractivity contribution in [1.29, 1.82) is 5.41 Å². The number of para-hydroxylation sites is 1. The maximum atomic E-state index is 7.45. The van der Waals surface area contributed by atoms with Crippen molar-refractivity contribution in [3.05, 3.63) is 114 Å². The highest BCUT2D eigenvalue weighted by Crippen LogP contribution is 2.55. The van der Waals surface area contributed by atoms with Crippen molar-refractivity contribution in [2.24, 2.45) is 71.0 Å². The molecular formula is C52H70N2. The van der Waals surface area contributed by atoms with Gasteiger partial charge in [-0.2, -0.15) is 0 Å². The lowest BCUT2D eigenvalue weighted by atomic mass is 9.54. The van der Waals surface area contributed by atoms with Crippen LogP contribution in [-0.4, -0.2) is 12.3 Å². The van der Waals surface area contributed by atoms with Gasteiger partial charge in [0, 0.05) is 23.6 Å². The Morgan fingerprint density at radius 1 is 0.722 bits per heavy atom. The molecule has 13 atom stereocenters. The molecule has 0 aliphatic heterocycles. The summed E-state index contributed by atoms with van der Waals surface area (Å²) in [6.45, 7) is 5.15. The summed E-state index contributed by atoms with van der Waals surface area (Å²) in [4.78, 5) is 0. The van der Waals surface area contributed by atoms with Crippen LogP contribution in [0.25, 0.3) is 0 Å². The molecule has 54 heavy (non-hydrogen) atoms. The van der Waals surface area contributed by atoms with Crippen LogP contribution in [0, 0.1) is 76.4 Å². The van der Waals surface area contributed by atoms with E-state index in [2.05, 4.69) is 116 Å². The summed E-state index contributed by atoms with van der Waals surface area (Å²) >= 11 is 0. The van der Waals surface area contributed by atoms with Gasteiger partial charge in [0.2, 0.25) is 0 Å². The molecule has 7 aliphatic carbocycles. The highest BCUT2D eigenvalue weighted by Gasteiger charge is 2.46. The summed E-state index contributed by atoms with van der Waals surface area (Å²) in [6.07, 6.45) is 50.4. The maximum absolute atomic E-state index is 7.45. The van der Waals surface area contributed by atoms with E-state index in [0.717, 1.165) is 60.2 Å². The lowest BCUT2D eigenvalue weighted by Crippen LogP contribution is -2.43. The summed E-state index contributed by atoms with van der Waals surface area (Å²) in [6, 6.07) is 11.4. The number of rotatable bonds is 14. The fourth-order valence-corrected chi connectivity index (χ4v) is 13.1. The zero-order valence-corrected chi connectivity index (χ0v) is 33.6. The number of unbranched alkanes of at least 4 members (excludes halogenated alkanes) is 2. The van der Waals surface area contributed by atoms with Crippen LogP contribution in [-0.2, 0) is 0 Å². The first-order valence-electron chi connectivity index (χ1n) is 22.7. The Morgan fingerprint density at radius 2 is 1.50 bits per heavy atom. The largest absolute Gasteiger partial charge is 0.382 e. The van der Waals surface area contributed by atoms with Gasteiger partial charge in [0.15, 0.2) is 0 Å². The average Bonchev–Trinajstić information content (AvgIpc) is 3.22. The van der Waals surface area contributed by atoms with Crippen molar-refractivity contribution in [3.8, 4) is 0 Å². The molecule has 7 aliphatic rings. The number of allylic oxidation sites excluding steroid dienone is 13. The molecule has 1 fully saturated rings. The molecule has 2 nitrogen and oxygen atoms in total. The summed E-state index contributed by atoms with van der Waals surface area (Å²) in [5.74, 6) is 8.72. The molecule has 0 heterocycles. The van der Waals surface area contributed by atoms with Crippen molar-refractivity contribution in [3.63, 3.8) is 0 Å². The van der Waals surface area contributed by atoms with Gasteiger partial charge in [-0.05, 0) is 198 Å². The Labute approximate surface area is 329 Å². The van der Waals surface area contributed by atoms with E-state index >= 15 is 0 Å². The zero-order valence-electron chi connectivity index (χ0n) is 33.6. The Morgan fingerprint density at radius 3 is 2.35 bits per heavy atom. The number of hydrogen-bond acceptors (Lipinski definition) is 2. The number of hydrogen-bond donors (Lipinski definition) is 2. The molecular weight excluding hydrogens is 653 g/mol. The minimum absolute atomic E-state index is 0.407. The monoisotopic (exact) mass is 723 g/mol. The van der Waals surface area contributed by atoms with E-state index in [1.54, 1.807) is 22.9 Å². The summed E-state index contributed by atoms with van der Waals surface area (Å²) < 4.78 is 0. The van der Waals surface area contributed by atoms with E-state index in [1.807, 2.05) is 0 Å². The predicted molar refractivity (Wildman–Crippen MR) is 231 cm³/mol. The van der Waals surface area contributed by atoms with Crippen LogP contribution >= 0.6 is 0 Å². The van der Waals surface area contributed by atoms with Gasteiger partial charge in [0.25, 0.3) is 0 Å². The third-order valence-electron chi connectivity index (χ3n) is 15.8. The zero-order chi connectivity index (χ0) is 36.9. The second-order valence-electron chi connectivity index (χ2n) is 18.7. The van der Waals surface area contributed by atoms with Crippen LogP contribution in [0.3, 0.4) is 0 Å². The second kappa shape index (κ2) is 17.8. The van der Waals surface area contributed by atoms with Crippen LogP contribution in [0.5, 0.6) is 0 Å². The molecule has 13 unspecified atom stereocenters. The van der Waals surface area contributed by atoms with Crippen molar-refractivity contribution >= 4 is 11.9 Å². The highest BCUT2D eigenvalue weighted by molar-refractivity contribution is 5.52. The van der Waals surface area contributed by atoms with Crippen molar-refractivity contribution in [1.82, 2.24) is 0 Å². The normalized spacial score (nSPS) is 35.6. The molecule has 1 saturated carbocycles. The quantitative estimate of drug-likeness (QED) is 0.112. The first kappa shape index (κ1) is 37.8. The number of anilines is 1. The summed E-state index contributed by atoms with van der Waals surface area (Å²) in [7, 11) is 0. The van der Waals surface area contributed by atoms with Crippen molar-refractivity contribution in [2.45, 2.75) is 123 Å². The van der Waals surface area contributed by atoms with Gasteiger partial charge in [0.1, 0.15) is 0 Å². The van der Waals surface area contributed by atoms with E-state index in [4.69, 9.17) is 5.41 Å². The van der Waals surface area contributed by atoms with Crippen LogP contribution in [0.2, 0.25) is 0 Å². The Balaban J connectivity index is 0.993. The van der Waals surface area contributed by atoms with Crippen LogP contribution in [0.1, 0.15) is 117 Å². The topological polar surface area (TPSA) is 35.9 Å². The fraction of sp³-hybridized carbons (Fsp3) is 0.596. The van der Waals surface area contributed by atoms with Crippen LogP contribution in [0.4, 0.5) is 5.69 Å². The third-order valence-corrected chi connectivity index (χ3v) is 15.8. The number of nitrogens with one attached hydrogen (secondary N) is 2. The number of benzene rings is 1. The Hall–Kier alpha value is -3.13. The Bertz CT molecular complexity index is 1630. The van der Waals surface area contributed by atoms with Gasteiger partial charge in [-0.1, -0.05) is 97.5 Å². The lowest BCUT2D eigenvalue weighted by molar-refractivity contribution is 0.0393. The van der Waals surface area contributed by atoms with E-state index < -0.39 is 0 Å². The maximum Gasteiger partial charge on any atom is 0.0342 e. The van der Waals surface area contributed by atoms with Gasteiger partial charge in [0.05, 0.1) is 0 Å². The van der Waals surface area contributed by atoms with E-state index in [0.29, 0.717) is 29.7 Å². The number of fused-ring (bicyclic) bond motifs is 5. The minimum Gasteiger partial charge on any atom is -0.382 e. The SMILES string of the molecule is CC(CCC(C1=CC2CCC=CC2C2CCC=CC12)C(C)Nc1ccccc1)C1CCC(C2C=CC(CCCCC=N)=C3C=CCCC32)C2C=CCCC21. The van der Waals surface area contributed by atoms with Crippen LogP contribution in [0.15, 0.2) is 114 Å². The standard InChI is InChI=1S/C52H70N2/c1-36(28-30-42(37(2)54-40-19-6-3-7-20-40)52-35-39-18-8-9-22-44(39)47-25-13-15-27-49(47)52)41-32-33-51(48-26-14-12-23-45(41)48)50-31-29-38(17-5-4-16-34-53)43-21-10-11-24-46(43)50/h3,6-7,9-10,14-15,19-22,26-27,29,31,34-37,39,41-42,44-51,53-54H,4-5,8,11-13,16-18,23-25,28,30,32-33H2,1-2H3. The summed E-state index contributed by atoms with van der Waals surface area (Å²) in [5, 5.41) is 11.5. The van der Waals surface area contributed by atoms with E-state index in [9.17, 15) is 0 Å². The van der Waals surface area contributed by atoms with Crippen molar-refractivity contribution in [2.75, 3.05) is 5.32 Å². The smallest absolute Gasteiger partial charge is 0.0342 e. The Kier molecular flexibility index (Phi) is 12.4. The second-order valence-corrected chi connectivity index (χ2v) is 18.7. The highest BCUT2D eigenvalue weighted by atomic mass is 14.9. The molecule has 288 valence electrons. The van der Waals surface area contributed by atoms with E-state index in [-0.39, 0.29) is 0 Å². The molecule has 1 aromatic carbocycles. The molecule has 2 N–H and O–H groups in total. The molecule has 0 spiro atoms. The molecule has 8 rings (SSSR count). The molecule has 0 radical (unpaired) electrons. The first-order chi connectivity index (χ1) is 26.6.